The van der Waals surface area contributed by atoms with Crippen LogP contribution in [0.15, 0.2) is 21.5 Å². The highest BCUT2D eigenvalue weighted by molar-refractivity contribution is 9.10. The SMILES string of the molecule is CCOc1cc(/C=C2/SC(=S)N(CC(=O)O)C2=O)c(Br)cc1O. The van der Waals surface area contributed by atoms with Gasteiger partial charge in [-0.05, 0) is 30.7 Å². The largest absolute Gasteiger partial charge is 0.504 e. The van der Waals surface area contributed by atoms with Crippen molar-refractivity contribution in [1.82, 2.24) is 4.90 Å². The van der Waals surface area contributed by atoms with Gasteiger partial charge in [0.05, 0.1) is 11.5 Å². The molecule has 122 valence electrons. The second-order valence-corrected chi connectivity index (χ2v) is 6.97. The number of ether oxygens (including phenoxy) is 1. The summed E-state index contributed by atoms with van der Waals surface area (Å²) in [6, 6.07) is 3.06. The third-order valence-electron chi connectivity index (χ3n) is 2.83. The molecule has 1 fully saturated rings. The lowest BCUT2D eigenvalue weighted by Gasteiger charge is -2.10. The van der Waals surface area contributed by atoms with Crippen molar-refractivity contribution in [3.05, 3.63) is 27.1 Å². The number of phenols is 1. The van der Waals surface area contributed by atoms with Crippen LogP contribution in [-0.4, -0.2) is 44.5 Å². The van der Waals surface area contributed by atoms with E-state index in [0.29, 0.717) is 27.3 Å². The Morgan fingerprint density at radius 3 is 2.83 bits per heavy atom. The van der Waals surface area contributed by atoms with Gasteiger partial charge in [-0.25, -0.2) is 0 Å². The fraction of sp³-hybridized carbons (Fsp3) is 0.214. The highest BCUT2D eigenvalue weighted by Crippen LogP contribution is 2.37. The first-order valence-corrected chi connectivity index (χ1v) is 8.47. The standard InChI is InChI=1S/C14H12BrNO5S2/c1-2-21-10-3-7(8(15)5-9(10)17)4-11-13(20)16(6-12(18)19)14(22)23-11/h3-5,17H,2,6H2,1H3,(H,18,19)/b11-4+. The molecule has 23 heavy (non-hydrogen) atoms. The van der Waals surface area contributed by atoms with Crippen LogP contribution in [0.1, 0.15) is 12.5 Å². The summed E-state index contributed by atoms with van der Waals surface area (Å²) in [6.45, 7) is 1.70. The van der Waals surface area contributed by atoms with E-state index < -0.39 is 18.4 Å². The second-order valence-electron chi connectivity index (χ2n) is 4.44. The minimum Gasteiger partial charge on any atom is -0.504 e. The van der Waals surface area contributed by atoms with Crippen LogP contribution in [0.5, 0.6) is 11.5 Å². The molecule has 1 heterocycles. The Morgan fingerprint density at radius 1 is 1.52 bits per heavy atom. The normalized spacial score (nSPS) is 16.3. The molecule has 1 aliphatic heterocycles. The molecule has 2 rings (SSSR count). The zero-order valence-electron chi connectivity index (χ0n) is 11.9. The molecule has 0 aliphatic carbocycles. The van der Waals surface area contributed by atoms with Gasteiger partial charge in [0, 0.05) is 4.47 Å². The number of carbonyl (C=O) groups is 2. The Bertz CT molecular complexity index is 719. The number of aromatic hydroxyl groups is 1. The Balaban J connectivity index is 2.35. The molecule has 0 saturated carbocycles. The molecule has 0 atom stereocenters. The van der Waals surface area contributed by atoms with E-state index in [9.17, 15) is 14.7 Å². The van der Waals surface area contributed by atoms with E-state index in [2.05, 4.69) is 15.9 Å². The van der Waals surface area contributed by atoms with Crippen LogP contribution >= 0.6 is 39.9 Å². The van der Waals surface area contributed by atoms with Crippen molar-refractivity contribution in [1.29, 1.82) is 0 Å². The molecule has 1 amide bonds. The first kappa shape index (κ1) is 17.8. The number of rotatable bonds is 5. The minimum absolute atomic E-state index is 0.0192. The molecule has 1 aliphatic rings. The van der Waals surface area contributed by atoms with Crippen LogP contribution in [-0.2, 0) is 9.59 Å². The number of halogens is 1. The maximum Gasteiger partial charge on any atom is 0.323 e. The molecular weight excluding hydrogens is 406 g/mol. The maximum atomic E-state index is 12.2. The van der Waals surface area contributed by atoms with Gasteiger partial charge in [0.1, 0.15) is 10.9 Å². The smallest absolute Gasteiger partial charge is 0.323 e. The third kappa shape index (κ3) is 4.04. The van der Waals surface area contributed by atoms with E-state index in [4.69, 9.17) is 22.1 Å². The first-order valence-electron chi connectivity index (χ1n) is 6.46. The molecule has 1 aromatic rings. The molecule has 6 nitrogen and oxygen atoms in total. The van der Waals surface area contributed by atoms with Crippen LogP contribution in [0.2, 0.25) is 0 Å². The van der Waals surface area contributed by atoms with Gasteiger partial charge in [-0.15, -0.1) is 0 Å². The van der Waals surface area contributed by atoms with Gasteiger partial charge in [-0.3, -0.25) is 14.5 Å². The third-order valence-corrected chi connectivity index (χ3v) is 4.90. The highest BCUT2D eigenvalue weighted by atomic mass is 79.9. The minimum atomic E-state index is -1.13. The number of carboxylic acids is 1. The lowest BCUT2D eigenvalue weighted by molar-refractivity contribution is -0.140. The van der Waals surface area contributed by atoms with Crippen molar-refractivity contribution in [2.45, 2.75) is 6.92 Å². The Kier molecular flexibility index (Phi) is 5.66. The summed E-state index contributed by atoms with van der Waals surface area (Å²) in [7, 11) is 0. The predicted octanol–water partition coefficient (Wildman–Crippen LogP) is 2.84. The van der Waals surface area contributed by atoms with Crippen molar-refractivity contribution in [2.75, 3.05) is 13.2 Å². The lowest BCUT2D eigenvalue weighted by Crippen LogP contribution is -2.33. The summed E-state index contributed by atoms with van der Waals surface area (Å²) in [5.74, 6) is -1.32. The quantitative estimate of drug-likeness (QED) is 0.562. The average Bonchev–Trinajstić information content (AvgIpc) is 2.71. The number of hydrogen-bond acceptors (Lipinski definition) is 6. The van der Waals surface area contributed by atoms with E-state index in [1.165, 1.54) is 6.07 Å². The first-order chi connectivity index (χ1) is 10.8. The van der Waals surface area contributed by atoms with E-state index in [1.807, 2.05) is 0 Å². The summed E-state index contributed by atoms with van der Waals surface area (Å²) in [5, 5.41) is 18.6. The van der Waals surface area contributed by atoms with Crippen LogP contribution in [0, 0.1) is 0 Å². The summed E-state index contributed by atoms with van der Waals surface area (Å²) >= 11 is 9.38. The maximum absolute atomic E-state index is 12.2. The molecule has 9 heteroatoms. The van der Waals surface area contributed by atoms with Gasteiger partial charge in [0.2, 0.25) is 0 Å². The zero-order valence-corrected chi connectivity index (χ0v) is 15.1. The Morgan fingerprint density at radius 2 is 2.22 bits per heavy atom. The molecule has 0 aromatic heterocycles. The zero-order chi connectivity index (χ0) is 17.1. The topological polar surface area (TPSA) is 87.1 Å². The highest BCUT2D eigenvalue weighted by Gasteiger charge is 2.33. The van der Waals surface area contributed by atoms with Gasteiger partial charge >= 0.3 is 5.97 Å². The fourth-order valence-corrected chi connectivity index (χ4v) is 3.54. The van der Waals surface area contributed by atoms with Gasteiger partial charge in [-0.1, -0.05) is 39.9 Å². The van der Waals surface area contributed by atoms with Crippen molar-refractivity contribution in [2.24, 2.45) is 0 Å². The van der Waals surface area contributed by atoms with Gasteiger partial charge in [-0.2, -0.15) is 0 Å². The summed E-state index contributed by atoms with van der Waals surface area (Å²) in [5.41, 5.74) is 0.613. The van der Waals surface area contributed by atoms with Gasteiger partial charge < -0.3 is 14.9 Å². The molecule has 0 unspecified atom stereocenters. The van der Waals surface area contributed by atoms with Crippen LogP contribution in [0.3, 0.4) is 0 Å². The summed E-state index contributed by atoms with van der Waals surface area (Å²) in [4.78, 5) is 24.4. The Labute approximate surface area is 150 Å². The number of amides is 1. The number of carbonyl (C=O) groups excluding carboxylic acids is 1. The molecular formula is C14H12BrNO5S2. The van der Waals surface area contributed by atoms with E-state index >= 15 is 0 Å². The number of aliphatic carboxylic acids is 1. The molecule has 0 radical (unpaired) electrons. The number of nitrogens with zero attached hydrogens (tertiary/aromatic N) is 1. The van der Waals surface area contributed by atoms with Gasteiger partial charge in [0.25, 0.3) is 5.91 Å². The van der Waals surface area contributed by atoms with E-state index in [-0.39, 0.29) is 10.1 Å². The molecule has 0 bridgehead atoms. The number of hydrogen-bond donors (Lipinski definition) is 2. The second kappa shape index (κ2) is 7.33. The van der Waals surface area contributed by atoms with Crippen molar-refractivity contribution >= 4 is 62.2 Å². The Hall–Kier alpha value is -1.58. The number of thioether (sulfide) groups is 1. The average molecular weight is 418 g/mol. The van der Waals surface area contributed by atoms with Gasteiger partial charge in [0.15, 0.2) is 11.5 Å². The predicted molar refractivity (Wildman–Crippen MR) is 94.5 cm³/mol. The number of thiocarbonyl (C=S) groups is 1. The van der Waals surface area contributed by atoms with E-state index in [1.54, 1.807) is 19.1 Å². The van der Waals surface area contributed by atoms with E-state index in [0.717, 1.165) is 16.7 Å². The summed E-state index contributed by atoms with van der Waals surface area (Å²) < 4.78 is 6.08. The number of benzene rings is 1. The van der Waals surface area contributed by atoms with Crippen LogP contribution < -0.4 is 4.74 Å². The van der Waals surface area contributed by atoms with Crippen molar-refractivity contribution < 1.29 is 24.5 Å². The summed E-state index contributed by atoms with van der Waals surface area (Å²) in [6.07, 6.45) is 1.58. The molecule has 2 N–H and O–H groups in total. The molecule has 1 aromatic carbocycles. The number of phenolic OH excluding ortho intramolecular Hbond substituents is 1. The number of carboxylic acid groups (broad SMARTS) is 1. The molecule has 1 saturated heterocycles. The van der Waals surface area contributed by atoms with Crippen LogP contribution in [0.25, 0.3) is 6.08 Å². The fourth-order valence-electron chi connectivity index (χ4n) is 1.85. The lowest BCUT2D eigenvalue weighted by atomic mass is 10.2. The van der Waals surface area contributed by atoms with Crippen molar-refractivity contribution in [3.8, 4) is 11.5 Å². The molecule has 0 spiro atoms. The van der Waals surface area contributed by atoms with Crippen LogP contribution in [0.4, 0.5) is 0 Å². The monoisotopic (exact) mass is 417 g/mol. The van der Waals surface area contributed by atoms with Crippen molar-refractivity contribution in [3.63, 3.8) is 0 Å².